The lowest BCUT2D eigenvalue weighted by Gasteiger charge is -2.10. The fraction of sp³-hybridized carbons (Fsp3) is 0.143. The van der Waals surface area contributed by atoms with E-state index in [0.717, 1.165) is 16.2 Å². The van der Waals surface area contributed by atoms with E-state index in [4.69, 9.17) is 10.5 Å². The molecule has 1 aliphatic rings. The van der Waals surface area contributed by atoms with E-state index >= 15 is 0 Å². The molecule has 156 valence electrons. The van der Waals surface area contributed by atoms with Gasteiger partial charge >= 0.3 is 5.97 Å². The molecule has 0 atom stereocenters. The van der Waals surface area contributed by atoms with Gasteiger partial charge in [-0.1, -0.05) is 18.2 Å². The van der Waals surface area contributed by atoms with E-state index in [1.54, 1.807) is 0 Å². The summed E-state index contributed by atoms with van der Waals surface area (Å²) in [7, 11) is 1.39. The summed E-state index contributed by atoms with van der Waals surface area (Å²) in [6, 6.07) is 11.8. The van der Waals surface area contributed by atoms with Crippen molar-refractivity contribution in [3.63, 3.8) is 0 Å². The predicted octanol–water partition coefficient (Wildman–Crippen LogP) is 2.09. The van der Waals surface area contributed by atoms with Gasteiger partial charge in [-0.2, -0.15) is 15.0 Å². The van der Waals surface area contributed by atoms with E-state index in [1.165, 1.54) is 25.2 Å². The standard InChI is InChI=1S/C21H18N6O4/c1-11-5-3-4-6-15(11)23-21-25-16(24-20(22)26-21)10-31-19(30)12-7-8-13-14(9-12)18(29)27(2)17(13)28/h3-9H,10H2,1-2H3,(H3,22,23,24,25,26). The number of nitrogens with two attached hydrogens (primary N) is 1. The molecule has 2 amide bonds. The van der Waals surface area contributed by atoms with Crippen LogP contribution in [0.1, 0.15) is 42.5 Å². The lowest BCUT2D eigenvalue weighted by Crippen LogP contribution is -2.24. The Bertz CT molecular complexity index is 1230. The van der Waals surface area contributed by atoms with E-state index in [-0.39, 0.29) is 41.0 Å². The molecule has 1 aromatic heterocycles. The normalized spacial score (nSPS) is 12.6. The van der Waals surface area contributed by atoms with Gasteiger partial charge in [0.15, 0.2) is 12.4 Å². The first kappa shape index (κ1) is 20.0. The van der Waals surface area contributed by atoms with Crippen LogP contribution in [0.5, 0.6) is 0 Å². The van der Waals surface area contributed by atoms with Crippen LogP contribution in [0, 0.1) is 6.92 Å². The van der Waals surface area contributed by atoms with Gasteiger partial charge in [-0.15, -0.1) is 0 Å². The number of nitrogen functional groups attached to an aromatic ring is 1. The zero-order chi connectivity index (χ0) is 22.1. The smallest absolute Gasteiger partial charge is 0.338 e. The molecule has 0 fully saturated rings. The van der Waals surface area contributed by atoms with E-state index in [9.17, 15) is 14.4 Å². The highest BCUT2D eigenvalue weighted by Gasteiger charge is 2.33. The minimum Gasteiger partial charge on any atom is -0.454 e. The number of anilines is 3. The summed E-state index contributed by atoms with van der Waals surface area (Å²) < 4.78 is 5.26. The second-order valence-corrected chi connectivity index (χ2v) is 6.88. The highest BCUT2D eigenvalue weighted by Crippen LogP contribution is 2.23. The van der Waals surface area contributed by atoms with Crippen molar-refractivity contribution >= 4 is 35.4 Å². The molecular weight excluding hydrogens is 400 g/mol. The van der Waals surface area contributed by atoms with Crippen LogP contribution in [-0.2, 0) is 11.3 Å². The molecule has 0 radical (unpaired) electrons. The highest BCUT2D eigenvalue weighted by atomic mass is 16.5. The number of benzene rings is 2. The Kier molecular flexibility index (Phi) is 5.04. The monoisotopic (exact) mass is 418 g/mol. The molecule has 0 saturated carbocycles. The van der Waals surface area contributed by atoms with E-state index in [2.05, 4.69) is 20.3 Å². The Morgan fingerprint density at radius 1 is 1.06 bits per heavy atom. The summed E-state index contributed by atoms with van der Waals surface area (Å²) in [6.45, 7) is 1.68. The Hall–Kier alpha value is -4.34. The number of imide groups is 1. The Labute approximate surface area is 177 Å². The van der Waals surface area contributed by atoms with Gasteiger partial charge in [-0.3, -0.25) is 14.5 Å². The molecule has 3 aromatic rings. The summed E-state index contributed by atoms with van der Waals surface area (Å²) in [5.41, 5.74) is 8.10. The number of hydrogen-bond donors (Lipinski definition) is 2. The first-order valence-electron chi connectivity index (χ1n) is 9.30. The molecule has 0 bridgehead atoms. The maximum absolute atomic E-state index is 12.4. The van der Waals surface area contributed by atoms with Crippen molar-refractivity contribution in [1.82, 2.24) is 19.9 Å². The number of hydrogen-bond acceptors (Lipinski definition) is 9. The largest absolute Gasteiger partial charge is 0.454 e. The summed E-state index contributed by atoms with van der Waals surface area (Å²) in [5, 5.41) is 3.06. The van der Waals surface area contributed by atoms with Gasteiger partial charge in [0.05, 0.1) is 16.7 Å². The predicted molar refractivity (Wildman–Crippen MR) is 111 cm³/mol. The van der Waals surface area contributed by atoms with Crippen molar-refractivity contribution in [3.8, 4) is 0 Å². The van der Waals surface area contributed by atoms with Gasteiger partial charge in [-0.05, 0) is 36.8 Å². The number of fused-ring (bicyclic) bond motifs is 1. The number of amides is 2. The quantitative estimate of drug-likeness (QED) is 0.470. The molecule has 31 heavy (non-hydrogen) atoms. The van der Waals surface area contributed by atoms with Crippen LogP contribution in [0.2, 0.25) is 0 Å². The average molecular weight is 418 g/mol. The Balaban J connectivity index is 1.48. The fourth-order valence-electron chi connectivity index (χ4n) is 3.09. The van der Waals surface area contributed by atoms with Crippen molar-refractivity contribution in [2.24, 2.45) is 0 Å². The maximum atomic E-state index is 12.4. The minimum atomic E-state index is -0.690. The molecule has 2 heterocycles. The average Bonchev–Trinajstić information content (AvgIpc) is 2.97. The summed E-state index contributed by atoms with van der Waals surface area (Å²) in [5.74, 6) is -1.21. The molecule has 3 N–H and O–H groups in total. The summed E-state index contributed by atoms with van der Waals surface area (Å²) in [4.78, 5) is 49.8. The van der Waals surface area contributed by atoms with E-state index in [0.29, 0.717) is 0 Å². The van der Waals surface area contributed by atoms with Crippen molar-refractivity contribution < 1.29 is 19.1 Å². The highest BCUT2D eigenvalue weighted by molar-refractivity contribution is 6.21. The van der Waals surface area contributed by atoms with Gasteiger partial charge in [-0.25, -0.2) is 4.79 Å². The van der Waals surface area contributed by atoms with Crippen molar-refractivity contribution in [3.05, 3.63) is 70.5 Å². The maximum Gasteiger partial charge on any atom is 0.338 e. The number of nitrogens with one attached hydrogen (secondary N) is 1. The van der Waals surface area contributed by atoms with Gasteiger partial charge in [0.2, 0.25) is 11.9 Å². The third-order valence-corrected chi connectivity index (χ3v) is 4.75. The molecule has 0 spiro atoms. The fourth-order valence-corrected chi connectivity index (χ4v) is 3.09. The van der Waals surface area contributed by atoms with Crippen molar-refractivity contribution in [1.29, 1.82) is 0 Å². The summed E-state index contributed by atoms with van der Waals surface area (Å²) >= 11 is 0. The first-order chi connectivity index (χ1) is 14.8. The van der Waals surface area contributed by atoms with Crippen LogP contribution < -0.4 is 11.1 Å². The topological polar surface area (TPSA) is 140 Å². The number of ether oxygens (including phenoxy) is 1. The molecule has 2 aromatic carbocycles. The number of aromatic nitrogens is 3. The zero-order valence-corrected chi connectivity index (χ0v) is 16.7. The van der Waals surface area contributed by atoms with Gasteiger partial charge in [0, 0.05) is 12.7 Å². The van der Waals surface area contributed by atoms with Crippen LogP contribution >= 0.6 is 0 Å². The van der Waals surface area contributed by atoms with Crippen molar-refractivity contribution in [2.75, 3.05) is 18.1 Å². The van der Waals surface area contributed by atoms with E-state index in [1.807, 2.05) is 31.2 Å². The molecule has 10 heteroatoms. The molecule has 0 unspecified atom stereocenters. The van der Waals surface area contributed by atoms with Gasteiger partial charge < -0.3 is 15.8 Å². The second-order valence-electron chi connectivity index (χ2n) is 6.88. The second kappa shape index (κ2) is 7.82. The lowest BCUT2D eigenvalue weighted by atomic mass is 10.1. The lowest BCUT2D eigenvalue weighted by molar-refractivity contribution is 0.0462. The van der Waals surface area contributed by atoms with Gasteiger partial charge in [0.1, 0.15) is 0 Å². The number of rotatable bonds is 5. The number of nitrogens with zero attached hydrogens (tertiary/aromatic N) is 4. The Morgan fingerprint density at radius 3 is 2.58 bits per heavy atom. The molecule has 0 saturated heterocycles. The number of carbonyl (C=O) groups is 3. The molecule has 10 nitrogen and oxygen atoms in total. The van der Waals surface area contributed by atoms with Crippen molar-refractivity contribution in [2.45, 2.75) is 13.5 Å². The first-order valence-corrected chi connectivity index (χ1v) is 9.30. The molecular formula is C21H18N6O4. The number of carbonyl (C=O) groups excluding carboxylic acids is 3. The van der Waals surface area contributed by atoms with Crippen LogP contribution in [0.15, 0.2) is 42.5 Å². The van der Waals surface area contributed by atoms with Crippen LogP contribution in [0.25, 0.3) is 0 Å². The van der Waals surface area contributed by atoms with Crippen LogP contribution in [-0.4, -0.2) is 44.7 Å². The molecule has 0 aliphatic carbocycles. The molecule has 4 rings (SSSR count). The van der Waals surface area contributed by atoms with Gasteiger partial charge in [0.25, 0.3) is 11.8 Å². The number of aryl methyl sites for hydroxylation is 1. The molecule has 1 aliphatic heterocycles. The third-order valence-electron chi connectivity index (χ3n) is 4.75. The Morgan fingerprint density at radius 2 is 1.81 bits per heavy atom. The number of esters is 1. The van der Waals surface area contributed by atoms with E-state index < -0.39 is 17.8 Å². The third kappa shape index (κ3) is 3.90. The van der Waals surface area contributed by atoms with Crippen LogP contribution in [0.3, 0.4) is 0 Å². The zero-order valence-electron chi connectivity index (χ0n) is 16.7. The minimum absolute atomic E-state index is 0.0261. The van der Waals surface area contributed by atoms with Crippen LogP contribution in [0.4, 0.5) is 17.6 Å². The summed E-state index contributed by atoms with van der Waals surface area (Å²) in [6.07, 6.45) is 0. The number of para-hydroxylation sites is 1. The SMILES string of the molecule is Cc1ccccc1Nc1nc(N)nc(COC(=O)c2ccc3c(c2)C(=O)N(C)C3=O)n1.